The van der Waals surface area contributed by atoms with E-state index in [1.165, 1.54) is 28.8 Å². The first-order chi connectivity index (χ1) is 14.9. The summed E-state index contributed by atoms with van der Waals surface area (Å²) in [5.74, 6) is -1.25. The molecule has 2 amide bonds. The highest BCUT2D eigenvalue weighted by molar-refractivity contribution is 8.00. The van der Waals surface area contributed by atoms with Crippen molar-refractivity contribution in [3.05, 3.63) is 70.5 Å². The van der Waals surface area contributed by atoms with Crippen molar-refractivity contribution in [3.63, 3.8) is 0 Å². The first-order valence-electron chi connectivity index (χ1n) is 9.79. The van der Waals surface area contributed by atoms with Gasteiger partial charge in [0.25, 0.3) is 5.91 Å². The Bertz CT molecular complexity index is 1020. The summed E-state index contributed by atoms with van der Waals surface area (Å²) in [6.07, 6.45) is 0.830. The van der Waals surface area contributed by atoms with E-state index in [2.05, 4.69) is 5.32 Å². The Morgan fingerprint density at radius 1 is 1.23 bits per heavy atom. The maximum absolute atomic E-state index is 13.4. The van der Waals surface area contributed by atoms with E-state index in [4.69, 9.17) is 16.3 Å². The number of carbonyl (C=O) groups excluding carboxylic acids is 3. The lowest BCUT2D eigenvalue weighted by Gasteiger charge is -2.33. The summed E-state index contributed by atoms with van der Waals surface area (Å²) in [6, 6.07) is 12.3. The molecule has 2 atom stereocenters. The second-order valence-electron chi connectivity index (χ2n) is 7.36. The van der Waals surface area contributed by atoms with Gasteiger partial charge in [-0.3, -0.25) is 9.59 Å². The number of amides is 2. The summed E-state index contributed by atoms with van der Waals surface area (Å²) < 4.78 is 18.6. The van der Waals surface area contributed by atoms with Gasteiger partial charge in [0.15, 0.2) is 6.61 Å². The maximum Gasteiger partial charge on any atom is 0.330 e. The minimum Gasteiger partial charge on any atom is -0.454 e. The lowest BCUT2D eigenvalue weighted by molar-refractivity contribution is -0.156. The third-order valence-electron chi connectivity index (χ3n) is 5.47. The molecule has 2 aromatic rings. The maximum atomic E-state index is 13.4. The topological polar surface area (TPSA) is 75.7 Å². The fourth-order valence-corrected chi connectivity index (χ4v) is 5.79. The first kappa shape index (κ1) is 21.6. The highest BCUT2D eigenvalue weighted by Gasteiger charge is 2.57. The average Bonchev–Trinajstić information content (AvgIpc) is 3.31. The lowest BCUT2D eigenvalue weighted by Crippen LogP contribution is -2.47. The zero-order valence-electron chi connectivity index (χ0n) is 16.5. The predicted molar refractivity (Wildman–Crippen MR) is 115 cm³/mol. The van der Waals surface area contributed by atoms with Crippen molar-refractivity contribution in [2.24, 2.45) is 0 Å². The second-order valence-corrected chi connectivity index (χ2v) is 9.06. The second kappa shape index (κ2) is 8.88. The van der Waals surface area contributed by atoms with Crippen molar-refractivity contribution < 1.29 is 23.5 Å². The van der Waals surface area contributed by atoms with Crippen molar-refractivity contribution >= 4 is 41.1 Å². The number of benzene rings is 2. The number of thioether (sulfide) groups is 1. The monoisotopic (exact) mass is 462 g/mol. The molecule has 2 aliphatic heterocycles. The van der Waals surface area contributed by atoms with E-state index < -0.39 is 29.4 Å². The van der Waals surface area contributed by atoms with E-state index >= 15 is 0 Å². The van der Waals surface area contributed by atoms with Crippen molar-refractivity contribution in [2.45, 2.75) is 30.3 Å². The molecule has 0 radical (unpaired) electrons. The fraction of sp³-hybridized carbons (Fsp3) is 0.318. The highest BCUT2D eigenvalue weighted by atomic mass is 35.5. The minimum absolute atomic E-state index is 0.153. The number of rotatable bonds is 6. The molecule has 0 aromatic heterocycles. The van der Waals surface area contributed by atoms with E-state index in [1.54, 1.807) is 30.3 Å². The number of hydrogen-bond acceptors (Lipinski definition) is 5. The molecule has 2 aliphatic rings. The van der Waals surface area contributed by atoms with Gasteiger partial charge in [0.05, 0.1) is 0 Å². The first-order valence-corrected chi connectivity index (χ1v) is 11.2. The van der Waals surface area contributed by atoms with Gasteiger partial charge in [0.2, 0.25) is 5.91 Å². The molecule has 2 fully saturated rings. The largest absolute Gasteiger partial charge is 0.454 e. The molecule has 9 heteroatoms. The molecule has 0 aliphatic carbocycles. The summed E-state index contributed by atoms with van der Waals surface area (Å²) >= 11 is 7.53. The molecule has 2 saturated heterocycles. The molecule has 2 heterocycles. The van der Waals surface area contributed by atoms with Gasteiger partial charge in [-0.25, -0.2) is 9.18 Å². The van der Waals surface area contributed by atoms with Crippen LogP contribution in [0.3, 0.4) is 0 Å². The molecule has 2 aromatic carbocycles. The standard InChI is InChI=1S/C22H20ClFN2O4S/c23-17-4-2-1-3-14(17)11-25-19(27)12-30-21(29)18-13-31-22(10-9-20(28)26(18)22)15-5-7-16(24)8-6-15/h1-8,18H,9-13H2,(H,25,27)/t18-,22-/m0/s1. The van der Waals surface area contributed by atoms with E-state index in [-0.39, 0.29) is 18.3 Å². The Hall–Kier alpha value is -2.58. The van der Waals surface area contributed by atoms with Crippen LogP contribution in [0.4, 0.5) is 4.39 Å². The van der Waals surface area contributed by atoms with Crippen LogP contribution >= 0.6 is 23.4 Å². The molecule has 1 N–H and O–H groups in total. The van der Waals surface area contributed by atoms with Gasteiger partial charge in [-0.05, 0) is 35.7 Å². The van der Waals surface area contributed by atoms with Crippen LogP contribution in [0.25, 0.3) is 0 Å². The molecule has 6 nitrogen and oxygen atoms in total. The Labute approximate surface area is 188 Å². The van der Waals surface area contributed by atoms with Crippen LogP contribution < -0.4 is 5.32 Å². The van der Waals surface area contributed by atoms with Crippen LogP contribution in [0.2, 0.25) is 5.02 Å². The molecule has 162 valence electrons. The number of halogens is 2. The van der Waals surface area contributed by atoms with Crippen molar-refractivity contribution in [3.8, 4) is 0 Å². The summed E-state index contributed by atoms with van der Waals surface area (Å²) in [6.45, 7) is -0.232. The third kappa shape index (κ3) is 4.27. The SMILES string of the molecule is O=C(COC(=O)[C@@H]1CS[C@]2(c3ccc(F)cc3)CCC(=O)N12)NCc1ccccc1Cl. The quantitative estimate of drug-likeness (QED) is 0.667. The summed E-state index contributed by atoms with van der Waals surface area (Å²) in [5.41, 5.74) is 1.53. The van der Waals surface area contributed by atoms with Crippen LogP contribution in [0, 0.1) is 5.82 Å². The highest BCUT2D eigenvalue weighted by Crippen LogP contribution is 2.54. The molecule has 4 rings (SSSR count). The Kier molecular flexibility index (Phi) is 6.20. The number of hydrogen-bond donors (Lipinski definition) is 1. The molecular formula is C22H20ClFN2O4S. The van der Waals surface area contributed by atoms with Gasteiger partial charge in [0, 0.05) is 23.7 Å². The van der Waals surface area contributed by atoms with Gasteiger partial charge < -0.3 is 15.0 Å². The minimum atomic E-state index is -0.790. The lowest BCUT2D eigenvalue weighted by atomic mass is 10.0. The third-order valence-corrected chi connectivity index (χ3v) is 7.44. The van der Waals surface area contributed by atoms with E-state index in [0.717, 1.165) is 11.1 Å². The van der Waals surface area contributed by atoms with Crippen LogP contribution in [0.5, 0.6) is 0 Å². The zero-order chi connectivity index (χ0) is 22.0. The van der Waals surface area contributed by atoms with E-state index in [9.17, 15) is 18.8 Å². The van der Waals surface area contributed by atoms with Gasteiger partial charge in [0.1, 0.15) is 16.7 Å². The Balaban J connectivity index is 1.37. The zero-order valence-corrected chi connectivity index (χ0v) is 18.0. The number of nitrogens with one attached hydrogen (secondary N) is 1. The van der Waals surface area contributed by atoms with Gasteiger partial charge in [-0.2, -0.15) is 0 Å². The molecular weight excluding hydrogens is 443 g/mol. The fourth-order valence-electron chi connectivity index (χ4n) is 3.95. The van der Waals surface area contributed by atoms with E-state index in [1.807, 2.05) is 6.07 Å². The summed E-state index contributed by atoms with van der Waals surface area (Å²) in [7, 11) is 0. The number of nitrogens with zero attached hydrogens (tertiary/aromatic N) is 1. The normalized spacial score (nSPS) is 22.3. The molecule has 0 spiro atoms. The molecule has 0 unspecified atom stereocenters. The number of carbonyl (C=O) groups is 3. The smallest absolute Gasteiger partial charge is 0.330 e. The average molecular weight is 463 g/mol. The van der Waals surface area contributed by atoms with Crippen molar-refractivity contribution in [1.82, 2.24) is 10.2 Å². The van der Waals surface area contributed by atoms with Crippen molar-refractivity contribution in [1.29, 1.82) is 0 Å². The van der Waals surface area contributed by atoms with Crippen LogP contribution in [0.1, 0.15) is 24.0 Å². The number of esters is 1. The molecule has 0 bridgehead atoms. The van der Waals surface area contributed by atoms with E-state index in [0.29, 0.717) is 23.6 Å². The Morgan fingerprint density at radius 2 is 1.97 bits per heavy atom. The Morgan fingerprint density at radius 3 is 2.71 bits per heavy atom. The number of ether oxygens (including phenoxy) is 1. The summed E-state index contributed by atoms with van der Waals surface area (Å²) in [4.78, 5) is 38.2. The van der Waals surface area contributed by atoms with Crippen LogP contribution in [0.15, 0.2) is 48.5 Å². The van der Waals surface area contributed by atoms with Gasteiger partial charge in [-0.15, -0.1) is 11.8 Å². The van der Waals surface area contributed by atoms with Crippen LogP contribution in [-0.2, 0) is 30.5 Å². The molecule has 0 saturated carbocycles. The van der Waals surface area contributed by atoms with Crippen LogP contribution in [-0.4, -0.2) is 41.1 Å². The van der Waals surface area contributed by atoms with Crippen molar-refractivity contribution in [2.75, 3.05) is 12.4 Å². The number of fused-ring (bicyclic) bond motifs is 1. The summed E-state index contributed by atoms with van der Waals surface area (Å²) in [5, 5.41) is 3.19. The van der Waals surface area contributed by atoms with Gasteiger partial charge in [-0.1, -0.05) is 41.9 Å². The molecule has 31 heavy (non-hydrogen) atoms. The predicted octanol–water partition coefficient (Wildman–Crippen LogP) is 3.23. The van der Waals surface area contributed by atoms with Gasteiger partial charge >= 0.3 is 5.97 Å².